The van der Waals surface area contributed by atoms with Crippen LogP contribution in [0.5, 0.6) is 0 Å². The van der Waals surface area contributed by atoms with E-state index in [9.17, 15) is 22.8 Å². The molecule has 0 unspecified atom stereocenters. The van der Waals surface area contributed by atoms with Crippen molar-refractivity contribution < 1.29 is 17.9 Å². The average molecular weight is 491 g/mol. The van der Waals surface area contributed by atoms with E-state index in [-0.39, 0.29) is 22.7 Å². The zero-order valence-corrected chi connectivity index (χ0v) is 20.0. The number of morpholine rings is 1. The van der Waals surface area contributed by atoms with E-state index in [2.05, 4.69) is 15.2 Å². The van der Waals surface area contributed by atoms with Crippen molar-refractivity contribution in [3.05, 3.63) is 45.1 Å². The third kappa shape index (κ3) is 4.35. The van der Waals surface area contributed by atoms with E-state index < -0.39 is 32.7 Å². The second-order valence-electron chi connectivity index (χ2n) is 8.09. The van der Waals surface area contributed by atoms with Gasteiger partial charge in [0.25, 0.3) is 5.56 Å². The van der Waals surface area contributed by atoms with Crippen molar-refractivity contribution in [3.63, 3.8) is 0 Å². The summed E-state index contributed by atoms with van der Waals surface area (Å²) >= 11 is 0. The van der Waals surface area contributed by atoms with Gasteiger partial charge in [0.1, 0.15) is 0 Å². The van der Waals surface area contributed by atoms with Crippen molar-refractivity contribution in [2.45, 2.75) is 11.6 Å². The molecular formula is C21H26N6O6S. The van der Waals surface area contributed by atoms with Crippen LogP contribution < -0.4 is 21.5 Å². The van der Waals surface area contributed by atoms with Gasteiger partial charge in [-0.1, -0.05) is 0 Å². The minimum absolute atomic E-state index is 0.0940. The first-order valence-corrected chi connectivity index (χ1v) is 12.3. The molecule has 1 aliphatic heterocycles. The molecule has 1 saturated heterocycles. The Morgan fingerprint density at radius 1 is 1.03 bits per heavy atom. The lowest BCUT2D eigenvalue weighted by Gasteiger charge is -2.28. The zero-order valence-electron chi connectivity index (χ0n) is 19.1. The number of nitrogens with zero attached hydrogens (tertiary/aromatic N) is 5. The molecule has 1 amide bonds. The van der Waals surface area contributed by atoms with Gasteiger partial charge in [0, 0.05) is 52.0 Å². The molecule has 1 N–H and O–H groups in total. The second-order valence-corrected chi connectivity index (χ2v) is 10.1. The summed E-state index contributed by atoms with van der Waals surface area (Å²) in [5, 5.41) is 2.33. The first kappa shape index (κ1) is 23.7. The number of benzene rings is 1. The van der Waals surface area contributed by atoms with Crippen LogP contribution in [-0.4, -0.2) is 65.1 Å². The van der Waals surface area contributed by atoms with Crippen LogP contribution in [0.3, 0.4) is 0 Å². The molecule has 34 heavy (non-hydrogen) atoms. The molecule has 0 aliphatic carbocycles. The lowest BCUT2D eigenvalue weighted by atomic mass is 10.2. The van der Waals surface area contributed by atoms with Crippen LogP contribution >= 0.6 is 0 Å². The Balaban J connectivity index is 1.46. The summed E-state index contributed by atoms with van der Waals surface area (Å²) in [6.07, 6.45) is -0.298. The summed E-state index contributed by atoms with van der Waals surface area (Å²) in [6, 6.07) is 7.31. The van der Waals surface area contributed by atoms with Crippen molar-refractivity contribution >= 4 is 38.3 Å². The highest BCUT2D eigenvalue weighted by molar-refractivity contribution is 7.91. The van der Waals surface area contributed by atoms with E-state index in [1.165, 1.54) is 25.7 Å². The van der Waals surface area contributed by atoms with Crippen molar-refractivity contribution in [2.24, 2.45) is 21.1 Å². The number of imidazole rings is 1. The number of rotatable bonds is 6. The van der Waals surface area contributed by atoms with Gasteiger partial charge in [-0.05, 0) is 24.3 Å². The largest absolute Gasteiger partial charge is 0.378 e. The van der Waals surface area contributed by atoms with E-state index in [1.54, 1.807) is 12.1 Å². The van der Waals surface area contributed by atoms with Gasteiger partial charge in [0.2, 0.25) is 20.9 Å². The molecule has 182 valence electrons. The summed E-state index contributed by atoms with van der Waals surface area (Å²) in [6.45, 7) is 2.94. The quantitative estimate of drug-likeness (QED) is 0.493. The first-order valence-electron chi connectivity index (χ1n) is 10.7. The molecule has 4 rings (SSSR count). The topological polar surface area (TPSA) is 138 Å². The Kier molecular flexibility index (Phi) is 6.32. The lowest BCUT2D eigenvalue weighted by molar-refractivity contribution is -0.115. The fourth-order valence-corrected chi connectivity index (χ4v) is 5.33. The number of aryl methyl sites for hydroxylation is 2. The Morgan fingerprint density at radius 2 is 1.68 bits per heavy atom. The number of ether oxygens (including phenoxy) is 1. The van der Waals surface area contributed by atoms with Gasteiger partial charge >= 0.3 is 5.69 Å². The van der Waals surface area contributed by atoms with Crippen molar-refractivity contribution in [1.82, 2.24) is 18.7 Å². The van der Waals surface area contributed by atoms with Gasteiger partial charge < -0.3 is 19.5 Å². The number of carbonyl (C=O) groups excluding carboxylic acids is 1. The lowest BCUT2D eigenvalue weighted by Crippen LogP contribution is -2.37. The number of sulfone groups is 1. The predicted octanol–water partition coefficient (Wildman–Crippen LogP) is -0.390. The summed E-state index contributed by atoms with van der Waals surface area (Å²) in [7, 11) is 0.129. The number of hydrogen-bond acceptors (Lipinski definition) is 8. The number of amides is 1. The van der Waals surface area contributed by atoms with Gasteiger partial charge in [-0.15, -0.1) is 0 Å². The number of aromatic nitrogens is 4. The SMILES string of the molecule is Cn1c(=O)c2nc(S(=O)(=O)CCC(=O)Nc3ccc(N4CCOCC4)cc3)n(C)c2n(C)c1=O. The fraction of sp³-hybridized carbons (Fsp3) is 0.429. The standard InChI is InChI=1S/C21H26N6O6S/c1-24-18-17(19(29)26(3)21(30)25(18)2)23-20(24)34(31,32)13-8-16(28)22-14-4-6-15(7-5-14)27-9-11-33-12-10-27/h4-7H,8-13H2,1-3H3,(H,22,28). The number of anilines is 2. The molecule has 2 aromatic heterocycles. The number of hydrogen-bond donors (Lipinski definition) is 1. The fourth-order valence-electron chi connectivity index (χ4n) is 3.96. The highest BCUT2D eigenvalue weighted by Crippen LogP contribution is 2.20. The van der Waals surface area contributed by atoms with Crippen LogP contribution in [-0.2, 0) is 40.5 Å². The van der Waals surface area contributed by atoms with Gasteiger partial charge in [0.15, 0.2) is 11.2 Å². The maximum absolute atomic E-state index is 12.9. The van der Waals surface area contributed by atoms with Crippen LogP contribution in [0.25, 0.3) is 11.2 Å². The monoisotopic (exact) mass is 490 g/mol. The summed E-state index contributed by atoms with van der Waals surface area (Å²) in [5.74, 6) is -0.972. The normalized spacial score (nSPS) is 14.5. The highest BCUT2D eigenvalue weighted by atomic mass is 32.2. The number of fused-ring (bicyclic) bond motifs is 1. The third-order valence-corrected chi connectivity index (χ3v) is 7.49. The molecule has 1 aliphatic rings. The van der Waals surface area contributed by atoms with E-state index in [1.807, 2.05) is 12.1 Å². The van der Waals surface area contributed by atoms with Crippen molar-refractivity contribution in [2.75, 3.05) is 42.3 Å². The molecule has 1 aromatic carbocycles. The molecule has 13 heteroatoms. The van der Waals surface area contributed by atoms with Crippen molar-refractivity contribution in [1.29, 1.82) is 0 Å². The maximum atomic E-state index is 12.9. The minimum atomic E-state index is -4.01. The van der Waals surface area contributed by atoms with Crippen LogP contribution in [0.15, 0.2) is 39.0 Å². The molecule has 0 saturated carbocycles. The molecule has 0 bridgehead atoms. The highest BCUT2D eigenvalue weighted by Gasteiger charge is 2.26. The Labute approximate surface area is 195 Å². The van der Waals surface area contributed by atoms with Crippen LogP contribution in [0.1, 0.15) is 6.42 Å². The number of carbonyl (C=O) groups is 1. The van der Waals surface area contributed by atoms with E-state index >= 15 is 0 Å². The molecule has 0 spiro atoms. The molecule has 3 heterocycles. The summed E-state index contributed by atoms with van der Waals surface area (Å²) < 4.78 is 34.4. The van der Waals surface area contributed by atoms with E-state index in [0.717, 1.165) is 27.9 Å². The van der Waals surface area contributed by atoms with Crippen LogP contribution in [0.2, 0.25) is 0 Å². The molecular weight excluding hydrogens is 464 g/mol. The second kappa shape index (κ2) is 9.06. The van der Waals surface area contributed by atoms with Crippen LogP contribution in [0.4, 0.5) is 11.4 Å². The maximum Gasteiger partial charge on any atom is 0.332 e. The van der Waals surface area contributed by atoms with Crippen LogP contribution in [0, 0.1) is 0 Å². The number of nitrogens with one attached hydrogen (secondary N) is 1. The van der Waals surface area contributed by atoms with Gasteiger partial charge in [-0.2, -0.15) is 0 Å². The molecule has 0 atom stereocenters. The van der Waals surface area contributed by atoms with Crippen molar-refractivity contribution in [3.8, 4) is 0 Å². The Bertz CT molecular complexity index is 1460. The molecule has 0 radical (unpaired) electrons. The average Bonchev–Trinajstić information content (AvgIpc) is 3.19. The van der Waals surface area contributed by atoms with Gasteiger partial charge in [-0.25, -0.2) is 18.2 Å². The Hall–Kier alpha value is -3.45. The molecule has 1 fully saturated rings. The minimum Gasteiger partial charge on any atom is -0.378 e. The summed E-state index contributed by atoms with van der Waals surface area (Å²) in [5.41, 5.74) is 0.260. The van der Waals surface area contributed by atoms with Gasteiger partial charge in [-0.3, -0.25) is 18.7 Å². The van der Waals surface area contributed by atoms with Gasteiger partial charge in [0.05, 0.1) is 19.0 Å². The summed E-state index contributed by atoms with van der Waals surface area (Å²) in [4.78, 5) is 43.2. The molecule has 3 aromatic rings. The smallest absolute Gasteiger partial charge is 0.332 e. The zero-order chi connectivity index (χ0) is 24.6. The third-order valence-electron chi connectivity index (χ3n) is 5.83. The van der Waals surface area contributed by atoms with E-state index in [4.69, 9.17) is 4.74 Å². The molecule has 12 nitrogen and oxygen atoms in total. The van der Waals surface area contributed by atoms with E-state index in [0.29, 0.717) is 18.9 Å². The Morgan fingerprint density at radius 3 is 2.32 bits per heavy atom. The predicted molar refractivity (Wildman–Crippen MR) is 126 cm³/mol. The first-order chi connectivity index (χ1) is 16.1.